The van der Waals surface area contributed by atoms with Crippen LogP contribution in [0.5, 0.6) is 0 Å². The summed E-state index contributed by atoms with van der Waals surface area (Å²) in [5, 5.41) is 9.30. The number of carbonyl (C=O) groups is 3. The van der Waals surface area contributed by atoms with Gasteiger partial charge in [0.25, 0.3) is 0 Å². The Balaban J connectivity index is 2.14. The summed E-state index contributed by atoms with van der Waals surface area (Å²) in [6, 6.07) is 3.72. The molecule has 0 unspecified atom stereocenters. The third kappa shape index (κ3) is 5.33. The maximum Gasteiger partial charge on any atom is 0.323 e. The summed E-state index contributed by atoms with van der Waals surface area (Å²) in [6.07, 6.45) is 5.07. The molecule has 142 valence electrons. The van der Waals surface area contributed by atoms with Gasteiger partial charge in [0.05, 0.1) is 11.4 Å². The largest absolute Gasteiger partial charge is 0.480 e. The van der Waals surface area contributed by atoms with E-state index in [0.717, 1.165) is 53.0 Å². The van der Waals surface area contributed by atoms with Crippen LogP contribution in [0.15, 0.2) is 16.6 Å². The van der Waals surface area contributed by atoms with Gasteiger partial charge in [0.2, 0.25) is 5.91 Å². The van der Waals surface area contributed by atoms with E-state index in [1.807, 2.05) is 26.0 Å². The summed E-state index contributed by atoms with van der Waals surface area (Å²) >= 11 is 4.46. The summed E-state index contributed by atoms with van der Waals surface area (Å²) in [5.41, 5.74) is 2.23. The lowest BCUT2D eigenvalue weighted by Crippen LogP contribution is -2.38. The number of aliphatic carboxylic acids is 1. The van der Waals surface area contributed by atoms with Crippen LogP contribution in [-0.4, -0.2) is 34.4 Å². The van der Waals surface area contributed by atoms with Gasteiger partial charge in [0, 0.05) is 10.4 Å². The number of hydrogen-bond donors (Lipinski definition) is 1. The zero-order valence-electron chi connectivity index (χ0n) is 15.1. The molecule has 0 aliphatic heterocycles. The maximum absolute atomic E-state index is 12.8. The second-order valence-corrected chi connectivity index (χ2v) is 8.49. The van der Waals surface area contributed by atoms with Crippen LogP contribution in [0.3, 0.4) is 0 Å². The lowest BCUT2D eigenvalue weighted by molar-refractivity contribution is -0.136. The molecule has 1 N–H and O–H groups in total. The summed E-state index contributed by atoms with van der Waals surface area (Å²) in [7, 11) is 0. The van der Waals surface area contributed by atoms with Gasteiger partial charge in [-0.25, -0.2) is 0 Å². The van der Waals surface area contributed by atoms with E-state index < -0.39 is 12.5 Å². The molecule has 1 fully saturated rings. The van der Waals surface area contributed by atoms with Crippen molar-refractivity contribution in [1.82, 2.24) is 0 Å². The van der Waals surface area contributed by atoms with Crippen molar-refractivity contribution in [2.24, 2.45) is 5.92 Å². The first-order valence-electron chi connectivity index (χ1n) is 8.75. The lowest BCUT2D eigenvalue weighted by Gasteiger charge is -2.26. The minimum atomic E-state index is -1.08. The molecule has 0 bridgehead atoms. The van der Waals surface area contributed by atoms with Crippen molar-refractivity contribution in [3.63, 3.8) is 0 Å². The number of thioether (sulfide) groups is 1. The van der Waals surface area contributed by atoms with Crippen LogP contribution in [0.2, 0.25) is 0 Å². The van der Waals surface area contributed by atoms with Crippen LogP contribution in [0.4, 0.5) is 5.69 Å². The van der Waals surface area contributed by atoms with Crippen LogP contribution in [0, 0.1) is 19.8 Å². The third-order valence-electron chi connectivity index (χ3n) is 4.71. The monoisotopic (exact) mass is 441 g/mol. The molecule has 5 nitrogen and oxygen atoms in total. The highest BCUT2D eigenvalue weighted by Gasteiger charge is 2.26. The Morgan fingerprint density at radius 1 is 1.19 bits per heavy atom. The first kappa shape index (κ1) is 21.0. The Bertz CT molecular complexity index is 701. The van der Waals surface area contributed by atoms with Gasteiger partial charge < -0.3 is 5.11 Å². The van der Waals surface area contributed by atoms with Crippen molar-refractivity contribution in [3.8, 4) is 0 Å². The number of hydrogen-bond acceptors (Lipinski definition) is 4. The second kappa shape index (κ2) is 9.55. The minimum absolute atomic E-state index is 0.0313. The standard InChI is InChI=1S/C19H24BrNO4S/c1-12-8-9-15(20)13(2)18(12)21(10-17(23)24)16(22)11-26-19(25)14-6-4-3-5-7-14/h8-9,14H,3-7,10-11H2,1-2H3,(H,23,24). The average molecular weight is 442 g/mol. The molecule has 1 amide bonds. The second-order valence-electron chi connectivity index (χ2n) is 6.65. The summed E-state index contributed by atoms with van der Waals surface area (Å²) in [5.74, 6) is -1.44. The molecule has 0 spiro atoms. The van der Waals surface area contributed by atoms with E-state index in [9.17, 15) is 19.5 Å². The van der Waals surface area contributed by atoms with Crippen molar-refractivity contribution < 1.29 is 19.5 Å². The number of benzene rings is 1. The molecule has 2 rings (SSSR count). The SMILES string of the molecule is Cc1ccc(Br)c(C)c1N(CC(=O)O)C(=O)CSC(=O)C1CCCCC1. The summed E-state index contributed by atoms with van der Waals surface area (Å²) < 4.78 is 0.812. The Morgan fingerprint density at radius 2 is 1.85 bits per heavy atom. The van der Waals surface area contributed by atoms with E-state index in [-0.39, 0.29) is 22.7 Å². The molecule has 0 heterocycles. The number of carboxylic acids is 1. The van der Waals surface area contributed by atoms with E-state index in [0.29, 0.717) is 5.69 Å². The molecule has 7 heteroatoms. The molecule has 1 aliphatic rings. The maximum atomic E-state index is 12.8. The number of halogens is 1. The average Bonchev–Trinajstić information content (AvgIpc) is 2.62. The van der Waals surface area contributed by atoms with Crippen molar-refractivity contribution in [1.29, 1.82) is 0 Å². The van der Waals surface area contributed by atoms with Gasteiger partial charge in [-0.2, -0.15) is 0 Å². The van der Waals surface area contributed by atoms with Gasteiger partial charge in [-0.05, 0) is 43.9 Å². The lowest BCUT2D eigenvalue weighted by atomic mass is 9.90. The smallest absolute Gasteiger partial charge is 0.323 e. The van der Waals surface area contributed by atoms with Gasteiger partial charge in [0.1, 0.15) is 6.54 Å². The Kier molecular flexibility index (Phi) is 7.70. The van der Waals surface area contributed by atoms with E-state index in [1.54, 1.807) is 0 Å². The van der Waals surface area contributed by atoms with E-state index >= 15 is 0 Å². The van der Waals surface area contributed by atoms with Crippen LogP contribution in [-0.2, 0) is 14.4 Å². The summed E-state index contributed by atoms with van der Waals surface area (Å²) in [4.78, 5) is 37.7. The fraction of sp³-hybridized carbons (Fsp3) is 0.526. The van der Waals surface area contributed by atoms with E-state index in [1.165, 1.54) is 11.3 Å². The van der Waals surface area contributed by atoms with Crippen molar-refractivity contribution in [3.05, 3.63) is 27.7 Å². The number of carbonyl (C=O) groups excluding carboxylic acids is 2. The molecule has 0 atom stereocenters. The van der Waals surface area contributed by atoms with Gasteiger partial charge in [-0.1, -0.05) is 53.0 Å². The quantitative estimate of drug-likeness (QED) is 0.710. The molecule has 0 aromatic heterocycles. The highest BCUT2D eigenvalue weighted by molar-refractivity contribution is 9.10. The number of rotatable bonds is 6. The molecular weight excluding hydrogens is 418 g/mol. The first-order valence-corrected chi connectivity index (χ1v) is 10.5. The number of anilines is 1. The zero-order chi connectivity index (χ0) is 19.3. The van der Waals surface area contributed by atoms with Gasteiger partial charge in [-0.15, -0.1) is 0 Å². The molecule has 1 aliphatic carbocycles. The third-order valence-corrected chi connectivity index (χ3v) is 6.58. The Morgan fingerprint density at radius 3 is 2.46 bits per heavy atom. The number of aryl methyl sites for hydroxylation is 1. The molecule has 26 heavy (non-hydrogen) atoms. The van der Waals surface area contributed by atoms with Crippen molar-refractivity contribution in [2.75, 3.05) is 17.2 Å². The molecule has 0 radical (unpaired) electrons. The van der Waals surface area contributed by atoms with E-state index in [2.05, 4.69) is 15.9 Å². The van der Waals surface area contributed by atoms with Crippen molar-refractivity contribution in [2.45, 2.75) is 46.0 Å². The van der Waals surface area contributed by atoms with Gasteiger partial charge in [-0.3, -0.25) is 19.3 Å². The highest BCUT2D eigenvalue weighted by atomic mass is 79.9. The van der Waals surface area contributed by atoms with Gasteiger partial charge >= 0.3 is 5.97 Å². The van der Waals surface area contributed by atoms with Gasteiger partial charge in [0.15, 0.2) is 5.12 Å². The Labute approximate surface area is 166 Å². The van der Waals surface area contributed by atoms with Crippen LogP contribution >= 0.6 is 27.7 Å². The molecule has 1 aromatic carbocycles. The predicted octanol–water partition coefficient (Wildman–Crippen LogP) is 4.32. The highest BCUT2D eigenvalue weighted by Crippen LogP contribution is 2.32. The fourth-order valence-corrected chi connectivity index (χ4v) is 4.53. The van der Waals surface area contributed by atoms with Crippen LogP contribution < -0.4 is 4.90 Å². The number of nitrogens with zero attached hydrogens (tertiary/aromatic N) is 1. The number of carboxylic acid groups (broad SMARTS) is 1. The molecular formula is C19H24BrNO4S. The molecule has 0 saturated heterocycles. The predicted molar refractivity (Wildman–Crippen MR) is 108 cm³/mol. The Hall–Kier alpha value is -1.34. The molecule has 1 saturated carbocycles. The zero-order valence-corrected chi connectivity index (χ0v) is 17.5. The number of amides is 1. The first-order chi connectivity index (χ1) is 12.3. The van der Waals surface area contributed by atoms with Crippen molar-refractivity contribution >= 4 is 50.4 Å². The minimum Gasteiger partial charge on any atom is -0.480 e. The van der Waals surface area contributed by atoms with Crippen LogP contribution in [0.25, 0.3) is 0 Å². The normalized spacial score (nSPS) is 14.9. The topological polar surface area (TPSA) is 74.7 Å². The molecule has 1 aromatic rings. The van der Waals surface area contributed by atoms with E-state index in [4.69, 9.17) is 0 Å². The fourth-order valence-electron chi connectivity index (χ4n) is 3.32. The van der Waals surface area contributed by atoms with Crippen LogP contribution in [0.1, 0.15) is 43.2 Å². The summed E-state index contributed by atoms with van der Waals surface area (Å²) in [6.45, 7) is 3.27.